The minimum absolute atomic E-state index is 0.290. The lowest BCUT2D eigenvalue weighted by molar-refractivity contribution is 0.102. The van der Waals surface area contributed by atoms with Crippen LogP contribution >= 0.6 is 43.5 Å². The molecule has 2 aromatic rings. The average Bonchev–Trinajstić information content (AvgIpc) is 2.70. The third-order valence-corrected chi connectivity index (χ3v) is 3.66. The van der Waals surface area contributed by atoms with E-state index in [9.17, 15) is 4.79 Å². The van der Waals surface area contributed by atoms with Crippen molar-refractivity contribution in [2.24, 2.45) is 0 Å². The number of nitrogens with zero attached hydrogens (tertiary/aromatic N) is 1. The van der Waals surface area contributed by atoms with Crippen LogP contribution in [0.25, 0.3) is 0 Å². The number of hydrogen-bond donors (Lipinski definition) is 1. The van der Waals surface area contributed by atoms with Gasteiger partial charge in [-0.2, -0.15) is 0 Å². The topological polar surface area (TPSA) is 55.1 Å². The number of halogens is 3. The SMILES string of the molecule is O=C(Nc1cnc(Cl)c(Br)c1)c1ccoc1Br. The summed E-state index contributed by atoms with van der Waals surface area (Å²) in [5.41, 5.74) is 0.954. The first-order valence-electron chi connectivity index (χ1n) is 4.43. The lowest BCUT2D eigenvalue weighted by Gasteiger charge is -2.04. The molecule has 0 aromatic carbocycles. The van der Waals surface area contributed by atoms with Crippen LogP contribution in [0.15, 0.2) is 38.2 Å². The molecule has 0 aliphatic rings. The first-order chi connectivity index (χ1) is 8.08. The Morgan fingerprint density at radius 3 is 2.82 bits per heavy atom. The van der Waals surface area contributed by atoms with Gasteiger partial charge in [0.15, 0.2) is 4.67 Å². The highest BCUT2D eigenvalue weighted by Crippen LogP contribution is 2.24. The van der Waals surface area contributed by atoms with Crippen molar-refractivity contribution in [2.45, 2.75) is 0 Å². The summed E-state index contributed by atoms with van der Waals surface area (Å²) in [5, 5.41) is 3.01. The molecule has 7 heteroatoms. The van der Waals surface area contributed by atoms with Crippen molar-refractivity contribution in [3.05, 3.63) is 44.5 Å². The van der Waals surface area contributed by atoms with Crippen LogP contribution in [0.4, 0.5) is 5.69 Å². The van der Waals surface area contributed by atoms with Crippen molar-refractivity contribution >= 4 is 55.1 Å². The fourth-order valence-electron chi connectivity index (χ4n) is 1.14. The molecule has 17 heavy (non-hydrogen) atoms. The number of carbonyl (C=O) groups is 1. The number of amides is 1. The molecule has 2 aromatic heterocycles. The van der Waals surface area contributed by atoms with E-state index >= 15 is 0 Å². The van der Waals surface area contributed by atoms with E-state index in [1.165, 1.54) is 12.5 Å². The van der Waals surface area contributed by atoms with E-state index in [0.717, 1.165) is 0 Å². The number of pyridine rings is 1. The molecule has 0 aliphatic carbocycles. The summed E-state index contributed by atoms with van der Waals surface area (Å²) in [7, 11) is 0. The van der Waals surface area contributed by atoms with Crippen LogP contribution < -0.4 is 5.32 Å². The van der Waals surface area contributed by atoms with Crippen LogP contribution in [-0.2, 0) is 0 Å². The van der Waals surface area contributed by atoms with Crippen LogP contribution in [0.2, 0.25) is 5.15 Å². The number of rotatable bonds is 2. The van der Waals surface area contributed by atoms with Gasteiger partial charge in [0.25, 0.3) is 5.91 Å². The van der Waals surface area contributed by atoms with Crippen molar-refractivity contribution in [2.75, 3.05) is 5.32 Å². The van der Waals surface area contributed by atoms with Gasteiger partial charge in [-0.3, -0.25) is 4.79 Å². The highest BCUT2D eigenvalue weighted by Gasteiger charge is 2.13. The highest BCUT2D eigenvalue weighted by molar-refractivity contribution is 9.10. The molecule has 88 valence electrons. The molecule has 0 fully saturated rings. The van der Waals surface area contributed by atoms with Crippen molar-refractivity contribution in [3.8, 4) is 0 Å². The second-order valence-electron chi connectivity index (χ2n) is 3.06. The van der Waals surface area contributed by atoms with Gasteiger partial charge in [0.1, 0.15) is 5.15 Å². The quantitative estimate of drug-likeness (QED) is 0.798. The van der Waals surface area contributed by atoms with Gasteiger partial charge in [-0.1, -0.05) is 11.6 Å². The molecule has 0 atom stereocenters. The Labute approximate surface area is 119 Å². The zero-order valence-electron chi connectivity index (χ0n) is 8.21. The molecular weight excluding hydrogens is 375 g/mol. The summed E-state index contributed by atoms with van der Waals surface area (Å²) in [6.45, 7) is 0. The van der Waals surface area contributed by atoms with Gasteiger partial charge in [0, 0.05) is 0 Å². The second-order valence-corrected chi connectivity index (χ2v) is 4.99. The molecule has 0 saturated carbocycles. The van der Waals surface area contributed by atoms with Crippen LogP contribution in [0.1, 0.15) is 10.4 Å². The lowest BCUT2D eigenvalue weighted by Crippen LogP contribution is -2.11. The highest BCUT2D eigenvalue weighted by atomic mass is 79.9. The van der Waals surface area contributed by atoms with Crippen LogP contribution in [0.5, 0.6) is 0 Å². The molecule has 4 nitrogen and oxygen atoms in total. The lowest BCUT2D eigenvalue weighted by atomic mass is 10.3. The predicted octanol–water partition coefficient (Wildman–Crippen LogP) is 4.11. The van der Waals surface area contributed by atoms with E-state index in [0.29, 0.717) is 25.5 Å². The van der Waals surface area contributed by atoms with Gasteiger partial charge in [-0.15, -0.1) is 0 Å². The Bertz CT molecular complexity index is 571. The van der Waals surface area contributed by atoms with Gasteiger partial charge in [-0.05, 0) is 44.0 Å². The van der Waals surface area contributed by atoms with Crippen LogP contribution in [0.3, 0.4) is 0 Å². The van der Waals surface area contributed by atoms with Crippen LogP contribution in [-0.4, -0.2) is 10.9 Å². The third kappa shape index (κ3) is 2.88. The summed E-state index contributed by atoms with van der Waals surface area (Å²) in [5.74, 6) is -0.290. The first kappa shape index (κ1) is 12.6. The molecule has 2 rings (SSSR count). The van der Waals surface area contributed by atoms with Gasteiger partial charge < -0.3 is 9.73 Å². The van der Waals surface area contributed by atoms with Crippen molar-refractivity contribution in [3.63, 3.8) is 0 Å². The standard InChI is InChI=1S/C10H5Br2ClN2O2/c11-7-3-5(4-14-9(7)13)15-10(16)6-1-2-17-8(6)12/h1-4H,(H,15,16). The fourth-order valence-corrected chi connectivity index (χ4v) is 2.02. The predicted molar refractivity (Wildman–Crippen MR) is 71.3 cm³/mol. The maximum atomic E-state index is 11.8. The maximum absolute atomic E-state index is 11.8. The zero-order valence-corrected chi connectivity index (χ0v) is 12.1. The molecule has 1 N–H and O–H groups in total. The summed E-state index contributed by atoms with van der Waals surface area (Å²) in [6, 6.07) is 3.24. The van der Waals surface area contributed by atoms with Gasteiger partial charge in [-0.25, -0.2) is 4.98 Å². The van der Waals surface area contributed by atoms with Gasteiger partial charge >= 0.3 is 0 Å². The number of hydrogen-bond acceptors (Lipinski definition) is 3. The second kappa shape index (κ2) is 5.20. The number of furan rings is 1. The Balaban J connectivity index is 2.19. The molecule has 1 amide bonds. The summed E-state index contributed by atoms with van der Waals surface area (Å²) in [4.78, 5) is 15.7. The van der Waals surface area contributed by atoms with Crippen molar-refractivity contribution in [1.29, 1.82) is 0 Å². The Kier molecular flexibility index (Phi) is 3.86. The Morgan fingerprint density at radius 2 is 2.24 bits per heavy atom. The van der Waals surface area contributed by atoms with Gasteiger partial charge in [0.05, 0.1) is 28.2 Å². The number of nitrogens with one attached hydrogen (secondary N) is 1. The molecule has 0 saturated heterocycles. The van der Waals surface area contributed by atoms with Gasteiger partial charge in [0.2, 0.25) is 0 Å². The third-order valence-electron chi connectivity index (χ3n) is 1.92. The zero-order chi connectivity index (χ0) is 12.4. The molecule has 0 radical (unpaired) electrons. The molecule has 0 unspecified atom stereocenters. The maximum Gasteiger partial charge on any atom is 0.260 e. The smallest absolute Gasteiger partial charge is 0.260 e. The fraction of sp³-hybridized carbons (Fsp3) is 0. The summed E-state index contributed by atoms with van der Waals surface area (Å²) in [6.07, 6.45) is 2.90. The van der Waals surface area contributed by atoms with E-state index in [2.05, 4.69) is 42.2 Å². The van der Waals surface area contributed by atoms with E-state index in [1.54, 1.807) is 12.1 Å². The minimum Gasteiger partial charge on any atom is -0.457 e. The average molecular weight is 380 g/mol. The van der Waals surface area contributed by atoms with E-state index in [4.69, 9.17) is 16.0 Å². The van der Waals surface area contributed by atoms with Crippen molar-refractivity contribution < 1.29 is 9.21 Å². The molecule has 0 aliphatic heterocycles. The van der Waals surface area contributed by atoms with Crippen molar-refractivity contribution in [1.82, 2.24) is 4.98 Å². The van der Waals surface area contributed by atoms with E-state index < -0.39 is 0 Å². The molecule has 0 spiro atoms. The first-order valence-corrected chi connectivity index (χ1v) is 6.39. The minimum atomic E-state index is -0.290. The Hall–Kier alpha value is -0.850. The Morgan fingerprint density at radius 1 is 1.47 bits per heavy atom. The van der Waals surface area contributed by atoms with E-state index in [-0.39, 0.29) is 5.91 Å². The molecular formula is C10H5Br2ClN2O2. The van der Waals surface area contributed by atoms with E-state index in [1.807, 2.05) is 0 Å². The summed E-state index contributed by atoms with van der Waals surface area (Å²) >= 11 is 12.1. The normalized spacial score (nSPS) is 10.3. The largest absolute Gasteiger partial charge is 0.457 e. The number of aromatic nitrogens is 1. The molecule has 0 bridgehead atoms. The van der Waals surface area contributed by atoms with Crippen LogP contribution in [0, 0.1) is 0 Å². The monoisotopic (exact) mass is 378 g/mol. The summed E-state index contributed by atoms with van der Waals surface area (Å²) < 4.78 is 5.98. The number of carbonyl (C=O) groups excluding carboxylic acids is 1. The molecule has 2 heterocycles. The number of anilines is 1.